The van der Waals surface area contributed by atoms with Crippen LogP contribution in [-0.2, 0) is 0 Å². The van der Waals surface area contributed by atoms with Crippen molar-refractivity contribution in [3.63, 3.8) is 0 Å². The topological polar surface area (TPSA) is 46.0 Å². The summed E-state index contributed by atoms with van der Waals surface area (Å²) in [6, 6.07) is 1.50. The van der Waals surface area contributed by atoms with Gasteiger partial charge in [0.1, 0.15) is 6.33 Å². The van der Waals surface area contributed by atoms with Crippen molar-refractivity contribution in [2.24, 2.45) is 0 Å². The van der Waals surface area contributed by atoms with Crippen LogP contribution in [-0.4, -0.2) is 22.9 Å². The Morgan fingerprint density at radius 1 is 1.50 bits per heavy atom. The van der Waals surface area contributed by atoms with E-state index in [0.29, 0.717) is 0 Å². The molecule has 0 unspecified atom stereocenters. The van der Waals surface area contributed by atoms with Gasteiger partial charge in [0.25, 0.3) is 0 Å². The molecule has 1 N–H and O–H groups in total. The zero-order chi connectivity index (χ0) is 5.98. The van der Waals surface area contributed by atoms with Crippen LogP contribution in [0.25, 0.3) is 0 Å². The summed E-state index contributed by atoms with van der Waals surface area (Å²) in [5, 5.41) is 8.66. The van der Waals surface area contributed by atoms with E-state index in [1.807, 2.05) is 0 Å². The summed E-state index contributed by atoms with van der Waals surface area (Å²) in [4.78, 5) is 7.25. The lowest BCUT2D eigenvalue weighted by atomic mass is 10.1. The van der Waals surface area contributed by atoms with E-state index in [1.165, 1.54) is 12.4 Å². The van der Waals surface area contributed by atoms with Crippen molar-refractivity contribution >= 4 is 13.4 Å². The average Bonchev–Trinajstić information content (AvgIpc) is 1.64. The van der Waals surface area contributed by atoms with E-state index in [-0.39, 0.29) is 5.88 Å². The monoisotopic (exact) mass is 108 g/mol. The van der Waals surface area contributed by atoms with Crippen molar-refractivity contribution < 1.29 is 5.11 Å². The zero-order valence-electron chi connectivity index (χ0n) is 4.50. The fourth-order valence-electron chi connectivity index (χ4n) is 0.440. The molecule has 0 aliphatic carbocycles. The van der Waals surface area contributed by atoms with Gasteiger partial charge in [-0.3, -0.25) is 4.98 Å². The van der Waals surface area contributed by atoms with Crippen molar-refractivity contribution in [3.05, 3.63) is 12.4 Å². The minimum absolute atomic E-state index is 0.0255. The molecule has 0 amide bonds. The molecule has 40 valence electrons. The van der Waals surface area contributed by atoms with Gasteiger partial charge in [-0.1, -0.05) is 0 Å². The SMILES string of the molecule is Bc1cc(O)ncn1. The number of aromatic nitrogens is 2. The van der Waals surface area contributed by atoms with E-state index < -0.39 is 0 Å². The quantitative estimate of drug-likeness (QED) is 0.409. The van der Waals surface area contributed by atoms with E-state index in [9.17, 15) is 0 Å². The first-order chi connectivity index (χ1) is 3.79. The summed E-state index contributed by atoms with van der Waals surface area (Å²) in [6.45, 7) is 0. The number of aromatic hydroxyl groups is 1. The van der Waals surface area contributed by atoms with Crippen molar-refractivity contribution in [1.29, 1.82) is 0 Å². The smallest absolute Gasteiger partial charge is 0.213 e. The molecule has 1 rings (SSSR count). The first-order valence-corrected chi connectivity index (χ1v) is 2.26. The lowest BCUT2D eigenvalue weighted by molar-refractivity contribution is 0.453. The van der Waals surface area contributed by atoms with Gasteiger partial charge in [0.05, 0.1) is 0 Å². The first-order valence-electron chi connectivity index (χ1n) is 2.26. The van der Waals surface area contributed by atoms with Crippen LogP contribution in [0.4, 0.5) is 0 Å². The summed E-state index contributed by atoms with van der Waals surface area (Å²) >= 11 is 0. The lowest BCUT2D eigenvalue weighted by Crippen LogP contribution is -2.06. The van der Waals surface area contributed by atoms with Crippen LogP contribution >= 0.6 is 0 Å². The summed E-state index contributed by atoms with van der Waals surface area (Å²) in [5.74, 6) is 0.0255. The predicted molar refractivity (Wildman–Crippen MR) is 31.9 cm³/mol. The summed E-state index contributed by atoms with van der Waals surface area (Å²) in [5.41, 5.74) is 0.775. The van der Waals surface area contributed by atoms with Crippen LogP contribution in [0, 0.1) is 0 Å². The van der Waals surface area contributed by atoms with Gasteiger partial charge in [-0.05, 0) is 0 Å². The highest BCUT2D eigenvalue weighted by atomic mass is 16.3. The number of nitrogens with zero attached hydrogens (tertiary/aromatic N) is 2. The Morgan fingerprint density at radius 3 is 2.62 bits per heavy atom. The largest absolute Gasteiger partial charge is 0.493 e. The van der Waals surface area contributed by atoms with Gasteiger partial charge >= 0.3 is 0 Å². The molecular formula is C4H5BN2O. The molecule has 4 heteroatoms. The van der Waals surface area contributed by atoms with E-state index in [2.05, 4.69) is 9.97 Å². The first kappa shape index (κ1) is 5.09. The van der Waals surface area contributed by atoms with Crippen LogP contribution in [0.1, 0.15) is 0 Å². The Bertz CT molecular complexity index is 174. The van der Waals surface area contributed by atoms with E-state index in [0.717, 1.165) is 5.59 Å². The number of hydrogen-bond acceptors (Lipinski definition) is 3. The molecule has 0 aliphatic rings. The van der Waals surface area contributed by atoms with Gasteiger partial charge in [0.2, 0.25) is 5.88 Å². The molecule has 0 aliphatic heterocycles. The third kappa shape index (κ3) is 0.962. The Balaban J connectivity index is 3.08. The third-order valence-corrected chi connectivity index (χ3v) is 0.789. The fraction of sp³-hybridized carbons (Fsp3) is 0. The predicted octanol–water partition coefficient (Wildman–Crippen LogP) is -1.56. The molecule has 8 heavy (non-hydrogen) atoms. The molecule has 0 atom stereocenters. The maximum Gasteiger partial charge on any atom is 0.213 e. The molecule has 0 bridgehead atoms. The Hall–Kier alpha value is -1.06. The van der Waals surface area contributed by atoms with Gasteiger partial charge < -0.3 is 5.11 Å². The molecule has 0 spiro atoms. The minimum atomic E-state index is 0.0255. The van der Waals surface area contributed by atoms with Crippen molar-refractivity contribution in [2.45, 2.75) is 0 Å². The Kier molecular flexibility index (Phi) is 1.16. The van der Waals surface area contributed by atoms with E-state index >= 15 is 0 Å². The highest BCUT2D eigenvalue weighted by molar-refractivity contribution is 6.30. The Labute approximate surface area is 47.8 Å². The second-order valence-electron chi connectivity index (χ2n) is 1.52. The highest BCUT2D eigenvalue weighted by Crippen LogP contribution is 1.92. The van der Waals surface area contributed by atoms with Crippen LogP contribution in [0.5, 0.6) is 5.88 Å². The van der Waals surface area contributed by atoms with Gasteiger partial charge in [0.15, 0.2) is 7.85 Å². The minimum Gasteiger partial charge on any atom is -0.493 e. The zero-order valence-corrected chi connectivity index (χ0v) is 4.50. The van der Waals surface area contributed by atoms with Gasteiger partial charge in [0, 0.05) is 11.7 Å². The molecule has 0 saturated carbocycles. The maximum absolute atomic E-state index is 8.66. The lowest BCUT2D eigenvalue weighted by Gasteiger charge is -1.88. The molecule has 0 radical (unpaired) electrons. The summed E-state index contributed by atoms with van der Waals surface area (Å²) < 4.78 is 0. The molecule has 0 fully saturated rings. The standard InChI is InChI=1S/C4H5BN2O/c5-3-1-4(8)7-2-6-3/h1-2H,5H2,(H,6,7,8). The second kappa shape index (κ2) is 1.82. The average molecular weight is 108 g/mol. The van der Waals surface area contributed by atoms with Gasteiger partial charge in [-0.25, -0.2) is 4.98 Å². The molecular weight excluding hydrogens is 103 g/mol. The highest BCUT2D eigenvalue weighted by Gasteiger charge is 1.86. The molecule has 1 aromatic heterocycles. The van der Waals surface area contributed by atoms with Crippen LogP contribution in [0.3, 0.4) is 0 Å². The van der Waals surface area contributed by atoms with Gasteiger partial charge in [-0.15, -0.1) is 0 Å². The summed E-state index contributed by atoms with van der Waals surface area (Å²) in [6.07, 6.45) is 1.32. The molecule has 0 aromatic carbocycles. The van der Waals surface area contributed by atoms with Crippen LogP contribution < -0.4 is 5.59 Å². The van der Waals surface area contributed by atoms with E-state index in [4.69, 9.17) is 5.11 Å². The summed E-state index contributed by atoms with van der Waals surface area (Å²) in [7, 11) is 1.79. The Morgan fingerprint density at radius 2 is 2.25 bits per heavy atom. The fourth-order valence-corrected chi connectivity index (χ4v) is 0.440. The molecule has 1 aromatic rings. The van der Waals surface area contributed by atoms with Crippen molar-refractivity contribution in [2.75, 3.05) is 0 Å². The second-order valence-corrected chi connectivity index (χ2v) is 1.52. The van der Waals surface area contributed by atoms with Crippen molar-refractivity contribution in [3.8, 4) is 5.88 Å². The van der Waals surface area contributed by atoms with Crippen LogP contribution in [0.15, 0.2) is 12.4 Å². The third-order valence-electron chi connectivity index (χ3n) is 0.789. The van der Waals surface area contributed by atoms with Crippen molar-refractivity contribution in [1.82, 2.24) is 9.97 Å². The number of hydrogen-bond donors (Lipinski definition) is 1. The van der Waals surface area contributed by atoms with E-state index in [1.54, 1.807) is 7.85 Å². The molecule has 0 saturated heterocycles. The van der Waals surface area contributed by atoms with Gasteiger partial charge in [-0.2, -0.15) is 0 Å². The van der Waals surface area contributed by atoms with Crippen LogP contribution in [0.2, 0.25) is 0 Å². The number of rotatable bonds is 0. The molecule has 1 heterocycles. The molecule has 3 nitrogen and oxygen atoms in total. The normalized spacial score (nSPS) is 9.00. The maximum atomic E-state index is 8.66.